The third-order valence-corrected chi connectivity index (χ3v) is 6.34. The lowest BCUT2D eigenvalue weighted by molar-refractivity contribution is -0.0710. The number of likely N-dealkylation sites (tertiary alicyclic amines) is 1. The predicted octanol–water partition coefficient (Wildman–Crippen LogP) is 4.24. The summed E-state index contributed by atoms with van der Waals surface area (Å²) in [4.78, 5) is 2.50. The van der Waals surface area contributed by atoms with E-state index in [1.165, 1.54) is 12.1 Å². The molecule has 2 aromatic carbocycles. The largest absolute Gasteiger partial charge is 0.507 e. The summed E-state index contributed by atoms with van der Waals surface area (Å²) >= 11 is 0. The van der Waals surface area contributed by atoms with Crippen LogP contribution in [0.4, 0.5) is 10.2 Å². The van der Waals surface area contributed by atoms with Gasteiger partial charge in [0.15, 0.2) is 0 Å². The highest BCUT2D eigenvalue weighted by Crippen LogP contribution is 2.34. The second kappa shape index (κ2) is 8.84. The molecule has 2 aliphatic rings. The Morgan fingerprint density at radius 1 is 1.09 bits per heavy atom. The smallest absolute Gasteiger partial charge is 0.149 e. The number of hydrogen-bond donors (Lipinski definition) is 2. The third-order valence-electron chi connectivity index (χ3n) is 6.34. The molecule has 3 aromatic rings. The Hall–Kier alpha value is -3.03. The Morgan fingerprint density at radius 2 is 1.94 bits per heavy atom. The van der Waals surface area contributed by atoms with Crippen LogP contribution in [0.5, 0.6) is 5.75 Å². The fourth-order valence-electron chi connectivity index (χ4n) is 4.50. The summed E-state index contributed by atoms with van der Waals surface area (Å²) < 4.78 is 18.9. The molecule has 6 nitrogen and oxygen atoms in total. The van der Waals surface area contributed by atoms with Crippen LogP contribution in [0.1, 0.15) is 18.4 Å². The van der Waals surface area contributed by atoms with Crippen LogP contribution in [0.3, 0.4) is 0 Å². The second-order valence-corrected chi connectivity index (χ2v) is 8.67. The van der Waals surface area contributed by atoms with Crippen molar-refractivity contribution in [3.8, 4) is 28.1 Å². The van der Waals surface area contributed by atoms with E-state index in [0.717, 1.165) is 56.1 Å². The lowest BCUT2D eigenvalue weighted by Gasteiger charge is -2.42. The first-order valence-electron chi connectivity index (χ1n) is 11.1. The van der Waals surface area contributed by atoms with Gasteiger partial charge in [-0.05, 0) is 73.3 Å². The van der Waals surface area contributed by atoms with Crippen molar-refractivity contribution in [2.45, 2.75) is 31.8 Å². The summed E-state index contributed by atoms with van der Waals surface area (Å²) in [5, 5.41) is 23.0. The number of phenolic OH excluding ortho intramolecular Hbond substituents is 1. The monoisotopic (exact) mass is 434 g/mol. The molecule has 2 aliphatic heterocycles. The van der Waals surface area contributed by atoms with Crippen LogP contribution < -0.4 is 5.32 Å². The summed E-state index contributed by atoms with van der Waals surface area (Å²) in [6.45, 7) is 5.75. The normalized spacial score (nSPS) is 19.5. The number of ether oxygens (including phenoxy) is 1. The first-order chi connectivity index (χ1) is 15.6. The highest BCUT2D eigenvalue weighted by atomic mass is 19.1. The van der Waals surface area contributed by atoms with E-state index >= 15 is 0 Å². The summed E-state index contributed by atoms with van der Waals surface area (Å²) in [6, 6.07) is 14.5. The fourth-order valence-corrected chi connectivity index (χ4v) is 4.50. The van der Waals surface area contributed by atoms with Crippen molar-refractivity contribution in [2.24, 2.45) is 0 Å². The van der Waals surface area contributed by atoms with E-state index in [0.29, 0.717) is 28.9 Å². The van der Waals surface area contributed by atoms with Gasteiger partial charge in [0, 0.05) is 18.2 Å². The summed E-state index contributed by atoms with van der Waals surface area (Å²) in [5.41, 5.74) is 3.63. The number of phenols is 1. The zero-order valence-corrected chi connectivity index (χ0v) is 18.1. The van der Waals surface area contributed by atoms with Crippen molar-refractivity contribution < 1.29 is 14.2 Å². The third kappa shape index (κ3) is 4.31. The number of halogens is 1. The van der Waals surface area contributed by atoms with Crippen molar-refractivity contribution in [3.63, 3.8) is 0 Å². The number of aromatic hydroxyl groups is 1. The van der Waals surface area contributed by atoms with Crippen LogP contribution >= 0.6 is 0 Å². The van der Waals surface area contributed by atoms with Crippen LogP contribution in [0.15, 0.2) is 48.5 Å². The number of aromatic nitrogens is 2. The predicted molar refractivity (Wildman–Crippen MR) is 122 cm³/mol. The Bertz CT molecular complexity index is 1120. The quantitative estimate of drug-likeness (QED) is 0.626. The highest BCUT2D eigenvalue weighted by molar-refractivity contribution is 5.75. The Morgan fingerprint density at radius 3 is 2.66 bits per heavy atom. The van der Waals surface area contributed by atoms with Gasteiger partial charge in [-0.3, -0.25) is 4.90 Å². The van der Waals surface area contributed by atoms with E-state index in [-0.39, 0.29) is 11.6 Å². The molecule has 0 unspecified atom stereocenters. The zero-order chi connectivity index (χ0) is 22.1. The van der Waals surface area contributed by atoms with Crippen LogP contribution in [0.2, 0.25) is 0 Å². The highest BCUT2D eigenvalue weighted by Gasteiger charge is 2.30. The fraction of sp³-hybridized carbons (Fsp3) is 0.360. The van der Waals surface area contributed by atoms with Gasteiger partial charge in [-0.1, -0.05) is 18.2 Å². The van der Waals surface area contributed by atoms with E-state index in [2.05, 4.69) is 20.4 Å². The Balaban J connectivity index is 1.32. The maximum atomic E-state index is 13.5. The topological polar surface area (TPSA) is 70.5 Å². The van der Waals surface area contributed by atoms with E-state index in [1.807, 2.05) is 25.1 Å². The van der Waals surface area contributed by atoms with Gasteiger partial charge in [0.05, 0.1) is 24.9 Å². The minimum Gasteiger partial charge on any atom is -0.507 e. The molecule has 0 amide bonds. The van der Waals surface area contributed by atoms with E-state index in [1.54, 1.807) is 18.2 Å². The minimum atomic E-state index is -0.307. The first-order valence-corrected chi connectivity index (χ1v) is 11.1. The van der Waals surface area contributed by atoms with E-state index in [9.17, 15) is 9.50 Å². The molecule has 0 aliphatic carbocycles. The molecular formula is C25H27FN4O2. The molecule has 5 rings (SSSR count). The molecule has 7 heteroatoms. The van der Waals surface area contributed by atoms with Gasteiger partial charge < -0.3 is 15.2 Å². The number of nitrogens with one attached hydrogen (secondary N) is 1. The van der Waals surface area contributed by atoms with Gasteiger partial charge in [-0.25, -0.2) is 4.39 Å². The van der Waals surface area contributed by atoms with Crippen LogP contribution in [0.25, 0.3) is 22.4 Å². The molecule has 2 saturated heterocycles. The lowest BCUT2D eigenvalue weighted by atomic mass is 10.00. The first kappa shape index (κ1) is 20.8. The molecule has 3 heterocycles. The molecule has 0 bridgehead atoms. The number of benzene rings is 2. The maximum absolute atomic E-state index is 13.5. The molecule has 0 spiro atoms. The zero-order valence-electron chi connectivity index (χ0n) is 18.1. The molecule has 1 aromatic heterocycles. The van der Waals surface area contributed by atoms with Crippen LogP contribution in [-0.4, -0.2) is 58.6 Å². The van der Waals surface area contributed by atoms with Crippen molar-refractivity contribution >= 4 is 5.82 Å². The van der Waals surface area contributed by atoms with Gasteiger partial charge in [-0.2, -0.15) is 0 Å². The van der Waals surface area contributed by atoms with Crippen molar-refractivity contribution in [1.29, 1.82) is 0 Å². The number of nitrogens with zero attached hydrogens (tertiary/aromatic N) is 3. The molecule has 166 valence electrons. The van der Waals surface area contributed by atoms with Crippen molar-refractivity contribution in [3.05, 3.63) is 59.9 Å². The Labute approximate surface area is 187 Å². The van der Waals surface area contributed by atoms with Crippen LogP contribution in [0, 0.1) is 12.7 Å². The van der Waals surface area contributed by atoms with Crippen molar-refractivity contribution in [1.82, 2.24) is 15.1 Å². The average molecular weight is 435 g/mol. The molecule has 0 saturated carbocycles. The SMILES string of the molecule is Cc1cc(N[C@@H]2CCCN(C3COC3)C2)nnc1-c1ccc(-c2cccc(F)c2)cc1O. The second-order valence-electron chi connectivity index (χ2n) is 8.67. The number of piperidine rings is 1. The van der Waals surface area contributed by atoms with Gasteiger partial charge in [-0.15, -0.1) is 10.2 Å². The van der Waals surface area contributed by atoms with Gasteiger partial charge in [0.25, 0.3) is 0 Å². The summed E-state index contributed by atoms with van der Waals surface area (Å²) in [6.07, 6.45) is 2.26. The molecular weight excluding hydrogens is 407 g/mol. The van der Waals surface area contributed by atoms with E-state index < -0.39 is 0 Å². The lowest BCUT2D eigenvalue weighted by Crippen LogP contribution is -2.54. The van der Waals surface area contributed by atoms with Crippen molar-refractivity contribution in [2.75, 3.05) is 31.6 Å². The molecule has 32 heavy (non-hydrogen) atoms. The van der Waals surface area contributed by atoms with Gasteiger partial charge >= 0.3 is 0 Å². The molecule has 2 N–H and O–H groups in total. The number of hydrogen-bond acceptors (Lipinski definition) is 6. The van der Waals surface area contributed by atoms with Gasteiger partial charge in [0.2, 0.25) is 0 Å². The number of rotatable bonds is 5. The Kier molecular flexibility index (Phi) is 5.76. The standard InChI is InChI=1S/C25H27FN4O2/c1-16-10-24(27-20-6-3-9-30(13-20)21-14-32-15-21)28-29-25(16)22-8-7-18(12-23(22)31)17-4-2-5-19(26)11-17/h2,4-5,7-8,10-12,20-21,31H,3,6,9,13-15H2,1H3,(H,27,28)/t20-/m1/s1. The maximum Gasteiger partial charge on any atom is 0.149 e. The minimum absolute atomic E-state index is 0.0931. The summed E-state index contributed by atoms with van der Waals surface area (Å²) in [7, 11) is 0. The van der Waals surface area contributed by atoms with E-state index in [4.69, 9.17) is 4.74 Å². The summed E-state index contributed by atoms with van der Waals surface area (Å²) in [5.74, 6) is 0.535. The molecule has 1 atom stereocenters. The van der Waals surface area contributed by atoms with Crippen LogP contribution in [-0.2, 0) is 4.74 Å². The number of aryl methyl sites for hydroxylation is 1. The molecule has 2 fully saturated rings. The molecule has 0 radical (unpaired) electrons. The van der Waals surface area contributed by atoms with Gasteiger partial charge in [0.1, 0.15) is 17.4 Å². The number of anilines is 1. The average Bonchev–Trinajstić information content (AvgIpc) is 2.73.